The SMILES string of the molecule is O=C(Nc1cccnc1-n1cccn1)c1ccc2noc(-c3ccccc3)c2c1. The zero-order chi connectivity index (χ0) is 19.6. The highest BCUT2D eigenvalue weighted by Crippen LogP contribution is 2.29. The number of benzene rings is 2. The summed E-state index contributed by atoms with van der Waals surface area (Å²) in [4.78, 5) is 17.3. The lowest BCUT2D eigenvalue weighted by Crippen LogP contribution is -2.14. The van der Waals surface area contributed by atoms with Crippen molar-refractivity contribution in [1.29, 1.82) is 0 Å². The van der Waals surface area contributed by atoms with Crippen LogP contribution in [0.15, 0.2) is 89.8 Å². The van der Waals surface area contributed by atoms with Gasteiger partial charge in [-0.1, -0.05) is 35.5 Å². The fourth-order valence-corrected chi connectivity index (χ4v) is 3.15. The Labute approximate surface area is 165 Å². The van der Waals surface area contributed by atoms with Gasteiger partial charge in [-0.25, -0.2) is 9.67 Å². The lowest BCUT2D eigenvalue weighted by molar-refractivity contribution is 0.102. The fraction of sp³-hybridized carbons (Fsp3) is 0. The van der Waals surface area contributed by atoms with Crippen molar-refractivity contribution < 1.29 is 9.32 Å². The molecule has 7 heteroatoms. The standard InChI is InChI=1S/C22H15N5O2/c28-22(25-19-8-4-11-23-21(19)27-13-5-12-24-27)16-9-10-18-17(14-16)20(29-26-18)15-6-2-1-3-7-15/h1-14H,(H,25,28). The number of hydrogen-bond donors (Lipinski definition) is 1. The van der Waals surface area contributed by atoms with Crippen LogP contribution in [0.1, 0.15) is 10.4 Å². The highest BCUT2D eigenvalue weighted by atomic mass is 16.5. The molecule has 0 spiro atoms. The van der Waals surface area contributed by atoms with Crippen LogP contribution in [-0.4, -0.2) is 25.8 Å². The van der Waals surface area contributed by atoms with Crippen LogP contribution in [0.5, 0.6) is 0 Å². The molecule has 1 N–H and O–H groups in total. The van der Waals surface area contributed by atoms with Crippen molar-refractivity contribution in [2.24, 2.45) is 0 Å². The van der Waals surface area contributed by atoms with Gasteiger partial charge in [0.2, 0.25) is 0 Å². The van der Waals surface area contributed by atoms with Gasteiger partial charge >= 0.3 is 0 Å². The second-order valence-corrected chi connectivity index (χ2v) is 6.39. The zero-order valence-electron chi connectivity index (χ0n) is 15.2. The van der Waals surface area contributed by atoms with Gasteiger partial charge in [-0.05, 0) is 36.4 Å². The molecule has 0 atom stereocenters. The van der Waals surface area contributed by atoms with Crippen LogP contribution in [0.2, 0.25) is 0 Å². The quantitative estimate of drug-likeness (QED) is 0.501. The summed E-state index contributed by atoms with van der Waals surface area (Å²) in [5.74, 6) is 0.921. The summed E-state index contributed by atoms with van der Waals surface area (Å²) >= 11 is 0. The molecule has 5 aromatic rings. The van der Waals surface area contributed by atoms with E-state index in [0.717, 1.165) is 10.9 Å². The summed E-state index contributed by atoms with van der Waals surface area (Å²) in [6.45, 7) is 0. The number of nitrogens with one attached hydrogen (secondary N) is 1. The lowest BCUT2D eigenvalue weighted by Gasteiger charge is -2.10. The molecule has 3 heterocycles. The second-order valence-electron chi connectivity index (χ2n) is 6.39. The molecule has 0 bridgehead atoms. The first-order valence-electron chi connectivity index (χ1n) is 9.01. The number of carbonyl (C=O) groups excluding carboxylic acids is 1. The molecule has 7 nitrogen and oxygen atoms in total. The Morgan fingerprint density at radius 1 is 0.966 bits per heavy atom. The second kappa shape index (κ2) is 7.05. The third kappa shape index (κ3) is 3.14. The van der Waals surface area contributed by atoms with Crippen LogP contribution in [0.3, 0.4) is 0 Å². The molecule has 0 saturated heterocycles. The summed E-state index contributed by atoms with van der Waals surface area (Å²) < 4.78 is 7.12. The number of rotatable bonds is 4. The molecule has 1 amide bonds. The summed E-state index contributed by atoms with van der Waals surface area (Å²) in [7, 11) is 0. The van der Waals surface area contributed by atoms with Crippen molar-refractivity contribution in [1.82, 2.24) is 19.9 Å². The van der Waals surface area contributed by atoms with Gasteiger partial charge in [0.05, 0.1) is 11.1 Å². The van der Waals surface area contributed by atoms with Crippen LogP contribution < -0.4 is 5.32 Å². The molecule has 2 aromatic carbocycles. The molecule has 0 aliphatic carbocycles. The molecule has 0 unspecified atom stereocenters. The molecule has 140 valence electrons. The first-order valence-corrected chi connectivity index (χ1v) is 9.01. The molecule has 0 saturated carbocycles. The van der Waals surface area contributed by atoms with Crippen molar-refractivity contribution in [3.05, 3.63) is 90.9 Å². The van der Waals surface area contributed by atoms with Crippen LogP contribution in [-0.2, 0) is 0 Å². The predicted molar refractivity (Wildman–Crippen MR) is 109 cm³/mol. The average Bonchev–Trinajstić information content (AvgIpc) is 3.44. The summed E-state index contributed by atoms with van der Waals surface area (Å²) in [6, 6.07) is 20.3. The van der Waals surface area contributed by atoms with Crippen molar-refractivity contribution in [2.75, 3.05) is 5.32 Å². The van der Waals surface area contributed by atoms with E-state index in [1.165, 1.54) is 0 Å². The van der Waals surface area contributed by atoms with Crippen molar-refractivity contribution in [3.63, 3.8) is 0 Å². The Bertz CT molecular complexity index is 1290. The number of carbonyl (C=O) groups is 1. The lowest BCUT2D eigenvalue weighted by atomic mass is 10.1. The fourth-order valence-electron chi connectivity index (χ4n) is 3.15. The highest BCUT2D eigenvalue weighted by molar-refractivity contribution is 6.08. The smallest absolute Gasteiger partial charge is 0.255 e. The number of fused-ring (bicyclic) bond motifs is 1. The Morgan fingerprint density at radius 3 is 2.69 bits per heavy atom. The van der Waals surface area contributed by atoms with Gasteiger partial charge < -0.3 is 9.84 Å². The maximum atomic E-state index is 12.9. The van der Waals surface area contributed by atoms with Gasteiger partial charge in [-0.3, -0.25) is 4.79 Å². The molecule has 3 aromatic heterocycles. The Kier molecular flexibility index (Phi) is 4.10. The van der Waals surface area contributed by atoms with Gasteiger partial charge in [0, 0.05) is 29.7 Å². The van der Waals surface area contributed by atoms with Gasteiger partial charge in [0.15, 0.2) is 11.6 Å². The summed E-state index contributed by atoms with van der Waals surface area (Å²) in [5, 5.41) is 12.0. The Hall–Kier alpha value is -4.26. The van der Waals surface area contributed by atoms with Crippen molar-refractivity contribution in [3.8, 4) is 17.1 Å². The minimum Gasteiger partial charge on any atom is -0.355 e. The average molecular weight is 381 g/mol. The third-order valence-electron chi connectivity index (χ3n) is 4.53. The highest BCUT2D eigenvalue weighted by Gasteiger charge is 2.15. The summed E-state index contributed by atoms with van der Waals surface area (Å²) in [5.41, 5.74) is 2.66. The van der Waals surface area contributed by atoms with Gasteiger partial charge in [-0.15, -0.1) is 0 Å². The van der Waals surface area contributed by atoms with E-state index in [1.807, 2.05) is 30.3 Å². The van der Waals surface area contributed by atoms with E-state index in [4.69, 9.17) is 4.52 Å². The number of hydrogen-bond acceptors (Lipinski definition) is 5. The van der Waals surface area contributed by atoms with E-state index in [0.29, 0.717) is 28.3 Å². The third-order valence-corrected chi connectivity index (χ3v) is 4.53. The Morgan fingerprint density at radius 2 is 1.86 bits per heavy atom. The first-order chi connectivity index (χ1) is 14.3. The van der Waals surface area contributed by atoms with Crippen LogP contribution in [0.25, 0.3) is 28.0 Å². The van der Waals surface area contributed by atoms with E-state index in [1.54, 1.807) is 59.7 Å². The predicted octanol–water partition coefficient (Wildman–Crippen LogP) is 4.33. The van der Waals surface area contributed by atoms with Crippen molar-refractivity contribution in [2.45, 2.75) is 0 Å². The van der Waals surface area contributed by atoms with E-state index in [-0.39, 0.29) is 5.91 Å². The van der Waals surface area contributed by atoms with E-state index < -0.39 is 0 Å². The molecule has 0 radical (unpaired) electrons. The van der Waals surface area contributed by atoms with E-state index >= 15 is 0 Å². The van der Waals surface area contributed by atoms with E-state index in [9.17, 15) is 4.79 Å². The van der Waals surface area contributed by atoms with Gasteiger partial charge in [0.1, 0.15) is 5.52 Å². The number of anilines is 1. The molecule has 5 rings (SSSR count). The van der Waals surface area contributed by atoms with Gasteiger partial charge in [0.25, 0.3) is 5.91 Å². The van der Waals surface area contributed by atoms with Crippen LogP contribution in [0, 0.1) is 0 Å². The Balaban J connectivity index is 1.50. The molecule has 0 aliphatic heterocycles. The minimum absolute atomic E-state index is 0.256. The van der Waals surface area contributed by atoms with Crippen molar-refractivity contribution >= 4 is 22.5 Å². The summed E-state index contributed by atoms with van der Waals surface area (Å²) in [6.07, 6.45) is 5.08. The largest absolute Gasteiger partial charge is 0.355 e. The minimum atomic E-state index is -0.256. The number of amides is 1. The van der Waals surface area contributed by atoms with Crippen LogP contribution in [0.4, 0.5) is 5.69 Å². The zero-order valence-corrected chi connectivity index (χ0v) is 15.2. The molecule has 0 fully saturated rings. The normalized spacial score (nSPS) is 10.9. The number of nitrogens with zero attached hydrogens (tertiary/aromatic N) is 4. The van der Waals surface area contributed by atoms with Gasteiger partial charge in [-0.2, -0.15) is 5.10 Å². The number of pyridine rings is 1. The molecular weight excluding hydrogens is 366 g/mol. The maximum absolute atomic E-state index is 12.9. The van der Waals surface area contributed by atoms with Crippen LogP contribution >= 0.6 is 0 Å². The first kappa shape index (κ1) is 16.9. The van der Waals surface area contributed by atoms with E-state index in [2.05, 4.69) is 20.6 Å². The molecule has 29 heavy (non-hydrogen) atoms. The number of aromatic nitrogens is 4. The topological polar surface area (TPSA) is 85.8 Å². The maximum Gasteiger partial charge on any atom is 0.255 e. The molecule has 0 aliphatic rings. The monoisotopic (exact) mass is 381 g/mol. The molecular formula is C22H15N5O2.